The van der Waals surface area contributed by atoms with Crippen LogP contribution >= 0.6 is 0 Å². The second-order valence-electron chi connectivity index (χ2n) is 6.89. The van der Waals surface area contributed by atoms with Gasteiger partial charge in [-0.15, -0.1) is 0 Å². The number of hydrogen-bond acceptors (Lipinski definition) is 3. The first-order valence-electron chi connectivity index (χ1n) is 9.22. The quantitative estimate of drug-likeness (QED) is 0.744. The highest BCUT2D eigenvalue weighted by Gasteiger charge is 2.33. The molecule has 3 N–H and O–H groups in total. The third kappa shape index (κ3) is 4.88. The Morgan fingerprint density at radius 2 is 1.71 bits per heavy atom. The monoisotopic (exact) mass is 380 g/mol. The first-order chi connectivity index (χ1) is 13.4. The van der Waals surface area contributed by atoms with E-state index in [9.17, 15) is 14.4 Å². The van der Waals surface area contributed by atoms with Crippen LogP contribution in [0.3, 0.4) is 0 Å². The van der Waals surface area contributed by atoms with E-state index in [1.54, 1.807) is 29.2 Å². The molecule has 2 aromatic carbocycles. The van der Waals surface area contributed by atoms with Gasteiger partial charge < -0.3 is 20.9 Å². The van der Waals surface area contributed by atoms with E-state index >= 15 is 0 Å². The number of amides is 4. The van der Waals surface area contributed by atoms with Gasteiger partial charge in [0.2, 0.25) is 11.8 Å². The number of nitrogens with zero attached hydrogens (tertiary/aromatic N) is 1. The van der Waals surface area contributed by atoms with E-state index < -0.39 is 0 Å². The van der Waals surface area contributed by atoms with Gasteiger partial charge in [0, 0.05) is 31.3 Å². The normalized spacial score (nSPS) is 17.1. The highest BCUT2D eigenvalue weighted by atomic mass is 16.2. The summed E-state index contributed by atoms with van der Waals surface area (Å²) in [6, 6.07) is 16.0. The molecule has 4 amide bonds. The molecule has 2 aromatic rings. The van der Waals surface area contributed by atoms with Crippen molar-refractivity contribution in [2.45, 2.75) is 32.4 Å². The molecule has 3 rings (SSSR count). The zero-order chi connectivity index (χ0) is 20.1. The molecule has 2 atom stereocenters. The number of carbonyl (C=O) groups excluding carboxylic acids is 3. The standard InChI is InChI=1S/C21H24N4O3/c1-14(16-7-4-3-5-8-16)25-13-19(12-20(25)27)24-21(28)23-18-10-6-9-17(11-18)22-15(2)26/h3-11,14,19H,12-13H2,1-2H3,(H,22,26)(H2,23,24,28). The second-order valence-corrected chi connectivity index (χ2v) is 6.89. The Kier molecular flexibility index (Phi) is 5.93. The Morgan fingerprint density at radius 1 is 1.04 bits per heavy atom. The van der Waals surface area contributed by atoms with E-state index in [1.165, 1.54) is 6.92 Å². The van der Waals surface area contributed by atoms with Crippen molar-refractivity contribution >= 4 is 29.2 Å². The molecule has 2 unspecified atom stereocenters. The molecule has 0 radical (unpaired) electrons. The van der Waals surface area contributed by atoms with Crippen LogP contribution in [0.15, 0.2) is 54.6 Å². The fraction of sp³-hybridized carbons (Fsp3) is 0.286. The number of urea groups is 1. The van der Waals surface area contributed by atoms with Crippen LogP contribution in [0.4, 0.5) is 16.2 Å². The minimum absolute atomic E-state index is 0.0225. The van der Waals surface area contributed by atoms with Gasteiger partial charge in [-0.25, -0.2) is 4.79 Å². The molecule has 146 valence electrons. The van der Waals surface area contributed by atoms with Crippen molar-refractivity contribution < 1.29 is 14.4 Å². The number of likely N-dealkylation sites (tertiary alicyclic amines) is 1. The molecule has 0 spiro atoms. The lowest BCUT2D eigenvalue weighted by Gasteiger charge is -2.25. The fourth-order valence-electron chi connectivity index (χ4n) is 3.34. The molecule has 0 aliphatic carbocycles. The zero-order valence-electron chi connectivity index (χ0n) is 15.9. The number of hydrogen-bond donors (Lipinski definition) is 3. The van der Waals surface area contributed by atoms with Gasteiger partial charge in [-0.2, -0.15) is 0 Å². The average Bonchev–Trinajstić information content (AvgIpc) is 3.01. The highest BCUT2D eigenvalue weighted by molar-refractivity contribution is 5.93. The van der Waals surface area contributed by atoms with Gasteiger partial charge in [-0.05, 0) is 30.7 Å². The number of anilines is 2. The molecular weight excluding hydrogens is 356 g/mol. The SMILES string of the molecule is CC(=O)Nc1cccc(NC(=O)NC2CC(=O)N(C(C)c3ccccc3)C2)c1. The zero-order valence-corrected chi connectivity index (χ0v) is 15.9. The van der Waals surface area contributed by atoms with Crippen LogP contribution < -0.4 is 16.0 Å². The topological polar surface area (TPSA) is 90.5 Å². The van der Waals surface area contributed by atoms with Crippen molar-refractivity contribution in [1.82, 2.24) is 10.2 Å². The van der Waals surface area contributed by atoms with Crippen molar-refractivity contribution in [3.63, 3.8) is 0 Å². The Bertz CT molecular complexity index is 869. The van der Waals surface area contributed by atoms with Crippen LogP contribution in [0.25, 0.3) is 0 Å². The van der Waals surface area contributed by atoms with Crippen LogP contribution in [0.1, 0.15) is 31.9 Å². The van der Waals surface area contributed by atoms with E-state index in [4.69, 9.17) is 0 Å². The number of nitrogens with one attached hydrogen (secondary N) is 3. The molecule has 1 saturated heterocycles. The Morgan fingerprint density at radius 3 is 2.39 bits per heavy atom. The van der Waals surface area contributed by atoms with E-state index in [0.29, 0.717) is 17.9 Å². The van der Waals surface area contributed by atoms with Gasteiger partial charge in [-0.1, -0.05) is 36.4 Å². The minimum Gasteiger partial charge on any atom is -0.334 e. The predicted molar refractivity (Wildman–Crippen MR) is 108 cm³/mol. The van der Waals surface area contributed by atoms with E-state index in [0.717, 1.165) is 5.56 Å². The van der Waals surface area contributed by atoms with Gasteiger partial charge in [0.05, 0.1) is 12.1 Å². The fourth-order valence-corrected chi connectivity index (χ4v) is 3.34. The number of benzene rings is 2. The van der Waals surface area contributed by atoms with E-state index in [-0.39, 0.29) is 36.3 Å². The van der Waals surface area contributed by atoms with Gasteiger partial charge in [0.25, 0.3) is 0 Å². The minimum atomic E-state index is -0.382. The lowest BCUT2D eigenvalue weighted by Crippen LogP contribution is -2.40. The summed E-state index contributed by atoms with van der Waals surface area (Å²) in [6.07, 6.45) is 0.274. The van der Waals surface area contributed by atoms with Crippen LogP contribution in [0.5, 0.6) is 0 Å². The molecule has 7 heteroatoms. The number of carbonyl (C=O) groups is 3. The molecule has 0 bridgehead atoms. The third-order valence-corrected chi connectivity index (χ3v) is 4.68. The molecule has 1 aliphatic heterocycles. The van der Waals surface area contributed by atoms with E-state index in [2.05, 4.69) is 16.0 Å². The summed E-state index contributed by atoms with van der Waals surface area (Å²) in [5.41, 5.74) is 2.22. The van der Waals surface area contributed by atoms with Crippen LogP contribution in [-0.4, -0.2) is 35.3 Å². The summed E-state index contributed by atoms with van der Waals surface area (Å²) in [7, 11) is 0. The van der Waals surface area contributed by atoms with Crippen molar-refractivity contribution in [1.29, 1.82) is 0 Å². The maximum absolute atomic E-state index is 12.4. The molecule has 1 fully saturated rings. The first-order valence-corrected chi connectivity index (χ1v) is 9.22. The van der Waals surface area contributed by atoms with Gasteiger partial charge in [0.15, 0.2) is 0 Å². The summed E-state index contributed by atoms with van der Waals surface area (Å²) in [6.45, 7) is 3.88. The molecule has 0 saturated carbocycles. The number of rotatable bonds is 5. The van der Waals surface area contributed by atoms with Crippen molar-refractivity contribution in [3.8, 4) is 0 Å². The molecule has 28 heavy (non-hydrogen) atoms. The smallest absolute Gasteiger partial charge is 0.319 e. The summed E-state index contributed by atoms with van der Waals surface area (Å²) >= 11 is 0. The third-order valence-electron chi connectivity index (χ3n) is 4.68. The van der Waals surface area contributed by atoms with Crippen LogP contribution in [0.2, 0.25) is 0 Å². The van der Waals surface area contributed by atoms with Crippen LogP contribution in [-0.2, 0) is 9.59 Å². The molecule has 1 aliphatic rings. The summed E-state index contributed by atoms with van der Waals surface area (Å²) < 4.78 is 0. The lowest BCUT2D eigenvalue weighted by molar-refractivity contribution is -0.129. The maximum atomic E-state index is 12.4. The molecule has 7 nitrogen and oxygen atoms in total. The molecule has 0 aromatic heterocycles. The summed E-state index contributed by atoms with van der Waals surface area (Å²) in [5.74, 6) is -0.159. The lowest BCUT2D eigenvalue weighted by atomic mass is 10.1. The Hall–Kier alpha value is -3.35. The highest BCUT2D eigenvalue weighted by Crippen LogP contribution is 2.25. The average molecular weight is 380 g/mol. The molecule has 1 heterocycles. The largest absolute Gasteiger partial charge is 0.334 e. The van der Waals surface area contributed by atoms with Crippen LogP contribution in [0, 0.1) is 0 Å². The van der Waals surface area contributed by atoms with Crippen molar-refractivity contribution in [2.24, 2.45) is 0 Å². The van der Waals surface area contributed by atoms with E-state index in [1.807, 2.05) is 37.3 Å². The first kappa shape index (κ1) is 19.4. The van der Waals surface area contributed by atoms with Gasteiger partial charge in [0.1, 0.15) is 0 Å². The Balaban J connectivity index is 1.57. The summed E-state index contributed by atoms with van der Waals surface area (Å²) in [4.78, 5) is 37.7. The van der Waals surface area contributed by atoms with Gasteiger partial charge >= 0.3 is 6.03 Å². The molecular formula is C21H24N4O3. The van der Waals surface area contributed by atoms with Crippen molar-refractivity contribution in [2.75, 3.05) is 17.2 Å². The van der Waals surface area contributed by atoms with Crippen molar-refractivity contribution in [3.05, 3.63) is 60.2 Å². The second kappa shape index (κ2) is 8.56. The predicted octanol–water partition coefficient (Wildman–Crippen LogP) is 3.13. The van der Waals surface area contributed by atoms with Gasteiger partial charge in [-0.3, -0.25) is 9.59 Å². The summed E-state index contributed by atoms with van der Waals surface area (Å²) in [5, 5.41) is 8.27. The Labute approximate surface area is 164 Å². The maximum Gasteiger partial charge on any atom is 0.319 e.